The predicted molar refractivity (Wildman–Crippen MR) is 275 cm³/mol. The van der Waals surface area contributed by atoms with Crippen LogP contribution in [0.3, 0.4) is 0 Å². The molecule has 1 unspecified atom stereocenters. The lowest BCUT2D eigenvalue weighted by atomic mass is 10.0. The maximum absolute atomic E-state index is 12.7. The van der Waals surface area contributed by atoms with Crippen LogP contribution in [-0.4, -0.2) is 37.2 Å². The number of ether oxygens (including phenoxy) is 3. The molecule has 0 amide bonds. The van der Waals surface area contributed by atoms with E-state index in [1.165, 1.54) is 180 Å². The molecule has 1 atom stereocenters. The van der Waals surface area contributed by atoms with E-state index in [0.717, 1.165) is 89.9 Å². The molecule has 6 nitrogen and oxygen atoms in total. The highest BCUT2D eigenvalue weighted by Gasteiger charge is 2.19. The predicted octanol–water partition coefficient (Wildman–Crippen LogP) is 18.7. The Morgan fingerprint density at radius 2 is 0.562 bits per heavy atom. The number of carbonyl (C=O) groups is 3. The molecule has 0 spiro atoms. The number of hydrogen-bond donors (Lipinski definition) is 0. The first-order valence-corrected chi connectivity index (χ1v) is 28.3. The van der Waals surface area contributed by atoms with Gasteiger partial charge in [-0.05, 0) is 51.4 Å². The summed E-state index contributed by atoms with van der Waals surface area (Å²) < 4.78 is 16.7. The molecule has 64 heavy (non-hydrogen) atoms. The van der Waals surface area contributed by atoms with Crippen LogP contribution in [0.15, 0.2) is 24.3 Å². The van der Waals surface area contributed by atoms with Crippen LogP contribution in [0.1, 0.15) is 310 Å². The Hall–Kier alpha value is -2.11. The van der Waals surface area contributed by atoms with E-state index in [-0.39, 0.29) is 31.1 Å². The van der Waals surface area contributed by atoms with Crippen LogP contribution in [0.2, 0.25) is 0 Å². The molecular formula is C58H108O6. The fourth-order valence-corrected chi connectivity index (χ4v) is 8.42. The summed E-state index contributed by atoms with van der Waals surface area (Å²) in [6, 6.07) is 0. The Balaban J connectivity index is 3.99. The lowest BCUT2D eigenvalue weighted by Gasteiger charge is -2.18. The summed E-state index contributed by atoms with van der Waals surface area (Å²) in [7, 11) is 0. The van der Waals surface area contributed by atoms with Crippen molar-refractivity contribution < 1.29 is 28.6 Å². The fourth-order valence-electron chi connectivity index (χ4n) is 8.42. The summed E-state index contributed by atoms with van der Waals surface area (Å²) in [6.07, 6.45) is 62.3. The van der Waals surface area contributed by atoms with E-state index in [4.69, 9.17) is 14.2 Å². The van der Waals surface area contributed by atoms with Gasteiger partial charge in [0.25, 0.3) is 0 Å². The van der Waals surface area contributed by atoms with Gasteiger partial charge in [-0.3, -0.25) is 14.4 Å². The first kappa shape index (κ1) is 61.9. The Bertz CT molecular complexity index is 1040. The zero-order valence-corrected chi connectivity index (χ0v) is 43.1. The van der Waals surface area contributed by atoms with Crippen LogP contribution >= 0.6 is 0 Å². The van der Waals surface area contributed by atoms with Gasteiger partial charge in [0.2, 0.25) is 0 Å². The number of hydrogen-bond acceptors (Lipinski definition) is 6. The van der Waals surface area contributed by atoms with Gasteiger partial charge >= 0.3 is 17.9 Å². The van der Waals surface area contributed by atoms with Crippen molar-refractivity contribution in [2.75, 3.05) is 13.2 Å². The molecule has 0 radical (unpaired) electrons. The lowest BCUT2D eigenvalue weighted by molar-refractivity contribution is -0.167. The minimum atomic E-state index is -0.771. The third-order valence-electron chi connectivity index (χ3n) is 12.7. The van der Waals surface area contributed by atoms with Crippen LogP contribution in [0.4, 0.5) is 0 Å². The largest absolute Gasteiger partial charge is 0.462 e. The van der Waals surface area contributed by atoms with Gasteiger partial charge in [-0.15, -0.1) is 0 Å². The van der Waals surface area contributed by atoms with Crippen molar-refractivity contribution in [2.45, 2.75) is 316 Å². The molecule has 0 aromatic carbocycles. The molecule has 0 saturated carbocycles. The Labute approximate surface area is 398 Å². The molecule has 0 heterocycles. The highest BCUT2D eigenvalue weighted by molar-refractivity contribution is 5.71. The van der Waals surface area contributed by atoms with Gasteiger partial charge in [-0.1, -0.05) is 263 Å². The van der Waals surface area contributed by atoms with Gasteiger partial charge in [0.05, 0.1) is 0 Å². The summed E-state index contributed by atoms with van der Waals surface area (Å²) >= 11 is 0. The number of carbonyl (C=O) groups excluding carboxylic acids is 3. The molecule has 0 aliphatic rings. The molecule has 6 heteroatoms. The van der Waals surface area contributed by atoms with E-state index in [1.807, 2.05) is 0 Å². The van der Waals surface area contributed by atoms with Crippen LogP contribution < -0.4 is 0 Å². The average molecular weight is 901 g/mol. The summed E-state index contributed by atoms with van der Waals surface area (Å²) in [5, 5.41) is 0. The third kappa shape index (κ3) is 50.9. The molecule has 0 bridgehead atoms. The molecule has 0 saturated heterocycles. The molecular weight excluding hydrogens is 793 g/mol. The highest BCUT2D eigenvalue weighted by atomic mass is 16.6. The molecule has 0 aliphatic carbocycles. The van der Waals surface area contributed by atoms with Gasteiger partial charge in [0.1, 0.15) is 13.2 Å². The van der Waals surface area contributed by atoms with Crippen molar-refractivity contribution >= 4 is 17.9 Å². The molecule has 0 aromatic rings. The highest BCUT2D eigenvalue weighted by Crippen LogP contribution is 2.17. The number of esters is 3. The first-order valence-electron chi connectivity index (χ1n) is 28.3. The van der Waals surface area contributed by atoms with Crippen LogP contribution in [0.5, 0.6) is 0 Å². The Kier molecular flexibility index (Phi) is 51.7. The minimum absolute atomic E-state index is 0.0734. The zero-order valence-electron chi connectivity index (χ0n) is 43.1. The quantitative estimate of drug-likeness (QED) is 0.0262. The second-order valence-electron chi connectivity index (χ2n) is 19.2. The molecule has 0 aliphatic heterocycles. The van der Waals surface area contributed by atoms with E-state index in [2.05, 4.69) is 45.1 Å². The lowest BCUT2D eigenvalue weighted by Crippen LogP contribution is -2.30. The van der Waals surface area contributed by atoms with Crippen molar-refractivity contribution in [2.24, 2.45) is 0 Å². The standard InChI is InChI=1S/C58H108O6/c1-4-7-10-13-15-17-19-21-23-24-25-26-27-28-29-30-31-32-33-35-36-38-40-42-45-48-51-57(60)63-54-55(53-62-56(59)50-47-44-12-9-6-3)64-58(61)52-49-46-43-41-39-37-34-22-20-18-16-14-11-8-5-2/h16,18,22,34,55H,4-15,17,19-21,23-33,35-54H2,1-3H3/b18-16-,34-22-. The maximum atomic E-state index is 12.7. The first-order chi connectivity index (χ1) is 31.5. The number of allylic oxidation sites excluding steroid dienone is 4. The van der Waals surface area contributed by atoms with E-state index in [1.54, 1.807) is 0 Å². The Morgan fingerprint density at radius 3 is 0.891 bits per heavy atom. The van der Waals surface area contributed by atoms with E-state index < -0.39 is 6.10 Å². The molecule has 0 fully saturated rings. The van der Waals surface area contributed by atoms with Crippen LogP contribution in [0.25, 0.3) is 0 Å². The maximum Gasteiger partial charge on any atom is 0.306 e. The van der Waals surface area contributed by atoms with Crippen molar-refractivity contribution in [3.8, 4) is 0 Å². The number of unbranched alkanes of at least 4 members (excludes halogenated alkanes) is 37. The molecule has 0 N–H and O–H groups in total. The topological polar surface area (TPSA) is 78.9 Å². The van der Waals surface area contributed by atoms with Gasteiger partial charge < -0.3 is 14.2 Å². The molecule has 376 valence electrons. The van der Waals surface area contributed by atoms with Crippen LogP contribution in [0, 0.1) is 0 Å². The van der Waals surface area contributed by atoms with Gasteiger partial charge in [0, 0.05) is 19.3 Å². The van der Waals surface area contributed by atoms with Crippen molar-refractivity contribution in [3.63, 3.8) is 0 Å². The zero-order chi connectivity index (χ0) is 46.5. The van der Waals surface area contributed by atoms with Crippen molar-refractivity contribution in [3.05, 3.63) is 24.3 Å². The van der Waals surface area contributed by atoms with Crippen molar-refractivity contribution in [1.29, 1.82) is 0 Å². The smallest absolute Gasteiger partial charge is 0.306 e. The van der Waals surface area contributed by atoms with Gasteiger partial charge in [-0.25, -0.2) is 0 Å². The van der Waals surface area contributed by atoms with E-state index in [9.17, 15) is 14.4 Å². The van der Waals surface area contributed by atoms with E-state index >= 15 is 0 Å². The monoisotopic (exact) mass is 901 g/mol. The summed E-state index contributed by atoms with van der Waals surface area (Å²) in [5.74, 6) is -0.887. The van der Waals surface area contributed by atoms with E-state index in [0.29, 0.717) is 19.3 Å². The number of rotatable bonds is 52. The Morgan fingerprint density at radius 1 is 0.312 bits per heavy atom. The molecule has 0 rings (SSSR count). The molecule has 0 aromatic heterocycles. The second kappa shape index (κ2) is 53.5. The average Bonchev–Trinajstić information content (AvgIpc) is 3.29. The summed E-state index contributed by atoms with van der Waals surface area (Å²) in [4.78, 5) is 37.7. The van der Waals surface area contributed by atoms with Crippen molar-refractivity contribution in [1.82, 2.24) is 0 Å². The fraction of sp³-hybridized carbons (Fsp3) is 0.879. The van der Waals surface area contributed by atoms with Gasteiger partial charge in [0.15, 0.2) is 6.10 Å². The third-order valence-corrected chi connectivity index (χ3v) is 12.7. The minimum Gasteiger partial charge on any atom is -0.462 e. The normalized spacial score (nSPS) is 12.1. The summed E-state index contributed by atoms with van der Waals surface area (Å²) in [5.41, 5.74) is 0. The SMILES string of the molecule is CCCCC/C=C\C/C=C\CCCCCCCC(=O)OC(COC(=O)CCCCCCC)COC(=O)CCCCCCCCCCCCCCCCCCCCCCCCCCCC. The second-order valence-corrected chi connectivity index (χ2v) is 19.2. The van der Waals surface area contributed by atoms with Gasteiger partial charge in [-0.2, -0.15) is 0 Å². The summed E-state index contributed by atoms with van der Waals surface area (Å²) in [6.45, 7) is 6.56. The van der Waals surface area contributed by atoms with Crippen LogP contribution in [-0.2, 0) is 28.6 Å².